The molecule has 6 nitrogen and oxygen atoms in total. The second-order valence-corrected chi connectivity index (χ2v) is 4.38. The summed E-state index contributed by atoms with van der Waals surface area (Å²) in [5, 5.41) is 17.4. The SMILES string of the molecule is COP(=O)(O)OCCCCC(O)CO. The van der Waals surface area contributed by atoms with Crippen LogP contribution in [0.15, 0.2) is 0 Å². The van der Waals surface area contributed by atoms with Gasteiger partial charge in [-0.25, -0.2) is 4.57 Å². The van der Waals surface area contributed by atoms with Crippen molar-refractivity contribution in [3.05, 3.63) is 0 Å². The van der Waals surface area contributed by atoms with Crippen molar-refractivity contribution in [2.75, 3.05) is 20.3 Å². The van der Waals surface area contributed by atoms with Crippen LogP contribution in [0.4, 0.5) is 0 Å². The number of hydrogen-bond donors (Lipinski definition) is 3. The molecule has 86 valence electrons. The van der Waals surface area contributed by atoms with Gasteiger partial charge in [0.05, 0.1) is 19.3 Å². The second kappa shape index (κ2) is 7.34. The molecule has 0 fully saturated rings. The van der Waals surface area contributed by atoms with Crippen LogP contribution in [0.3, 0.4) is 0 Å². The van der Waals surface area contributed by atoms with Crippen LogP contribution in [0, 0.1) is 0 Å². The van der Waals surface area contributed by atoms with Gasteiger partial charge in [-0.2, -0.15) is 0 Å². The van der Waals surface area contributed by atoms with Gasteiger partial charge in [0, 0.05) is 7.11 Å². The molecule has 3 N–H and O–H groups in total. The molecule has 0 spiro atoms. The fraction of sp³-hybridized carbons (Fsp3) is 1.00. The molecule has 0 aromatic rings. The minimum atomic E-state index is -3.86. The summed E-state index contributed by atoms with van der Waals surface area (Å²) < 4.78 is 19.5. The average Bonchev–Trinajstić information content (AvgIpc) is 2.17. The highest BCUT2D eigenvalue weighted by atomic mass is 31.2. The van der Waals surface area contributed by atoms with Gasteiger partial charge < -0.3 is 15.1 Å². The van der Waals surface area contributed by atoms with Crippen molar-refractivity contribution >= 4 is 7.82 Å². The van der Waals surface area contributed by atoms with Crippen LogP contribution in [0.1, 0.15) is 19.3 Å². The minimum Gasteiger partial charge on any atom is -0.394 e. The maximum Gasteiger partial charge on any atom is 0.471 e. The Bertz CT molecular complexity index is 185. The first-order valence-corrected chi connectivity index (χ1v) is 5.83. The van der Waals surface area contributed by atoms with Gasteiger partial charge in [-0.3, -0.25) is 9.05 Å². The molecule has 0 aromatic heterocycles. The first kappa shape index (κ1) is 14.0. The van der Waals surface area contributed by atoms with E-state index in [-0.39, 0.29) is 13.2 Å². The van der Waals surface area contributed by atoms with Crippen molar-refractivity contribution in [1.29, 1.82) is 0 Å². The van der Waals surface area contributed by atoms with E-state index in [1.54, 1.807) is 0 Å². The summed E-state index contributed by atoms with van der Waals surface area (Å²) in [6.07, 6.45) is 0.872. The number of unbranched alkanes of at least 4 members (excludes halogenated alkanes) is 1. The van der Waals surface area contributed by atoms with Crippen molar-refractivity contribution in [3.8, 4) is 0 Å². The number of aliphatic hydroxyl groups excluding tert-OH is 2. The summed E-state index contributed by atoms with van der Waals surface area (Å²) in [6, 6.07) is 0. The number of phosphoric ester groups is 1. The lowest BCUT2D eigenvalue weighted by atomic mass is 10.2. The predicted octanol–water partition coefficient (Wildman–Crippen LogP) is 0.273. The Morgan fingerprint density at radius 3 is 2.57 bits per heavy atom. The topological polar surface area (TPSA) is 96.2 Å². The van der Waals surface area contributed by atoms with Gasteiger partial charge in [0.15, 0.2) is 0 Å². The lowest BCUT2D eigenvalue weighted by Crippen LogP contribution is -2.11. The monoisotopic (exact) mass is 228 g/mol. The summed E-state index contributed by atoms with van der Waals surface area (Å²) in [4.78, 5) is 8.80. The van der Waals surface area contributed by atoms with Gasteiger partial charge in [0.1, 0.15) is 0 Å². The van der Waals surface area contributed by atoms with Gasteiger partial charge in [-0.05, 0) is 19.3 Å². The molecule has 7 heteroatoms. The molecule has 2 unspecified atom stereocenters. The maximum atomic E-state index is 10.8. The molecule has 0 radical (unpaired) electrons. The third-order valence-electron chi connectivity index (χ3n) is 1.63. The highest BCUT2D eigenvalue weighted by Gasteiger charge is 2.17. The largest absolute Gasteiger partial charge is 0.471 e. The Kier molecular flexibility index (Phi) is 7.35. The van der Waals surface area contributed by atoms with E-state index in [1.165, 1.54) is 0 Å². The van der Waals surface area contributed by atoms with Gasteiger partial charge in [-0.1, -0.05) is 0 Å². The summed E-state index contributed by atoms with van der Waals surface area (Å²) >= 11 is 0. The molecular weight excluding hydrogens is 211 g/mol. The van der Waals surface area contributed by atoms with Crippen LogP contribution < -0.4 is 0 Å². The molecular formula is C7H17O6P. The Hall–Kier alpha value is 0.0300. The Morgan fingerprint density at radius 1 is 1.43 bits per heavy atom. The fourth-order valence-electron chi connectivity index (χ4n) is 0.806. The zero-order valence-corrected chi connectivity index (χ0v) is 9.02. The lowest BCUT2D eigenvalue weighted by Gasteiger charge is -2.09. The van der Waals surface area contributed by atoms with Crippen LogP contribution in [-0.4, -0.2) is 41.5 Å². The van der Waals surface area contributed by atoms with Crippen LogP contribution in [0.2, 0.25) is 0 Å². The van der Waals surface area contributed by atoms with E-state index in [2.05, 4.69) is 9.05 Å². The van der Waals surface area contributed by atoms with E-state index >= 15 is 0 Å². The third-order valence-corrected chi connectivity index (χ3v) is 2.60. The van der Waals surface area contributed by atoms with Crippen LogP contribution in [0.5, 0.6) is 0 Å². The highest BCUT2D eigenvalue weighted by Crippen LogP contribution is 2.41. The Morgan fingerprint density at radius 2 is 2.07 bits per heavy atom. The minimum absolute atomic E-state index is 0.0970. The van der Waals surface area contributed by atoms with Crippen molar-refractivity contribution in [2.45, 2.75) is 25.4 Å². The highest BCUT2D eigenvalue weighted by molar-refractivity contribution is 7.47. The third kappa shape index (κ3) is 7.44. The Balaban J connectivity index is 3.34. The zero-order chi connectivity index (χ0) is 11.0. The number of hydrogen-bond acceptors (Lipinski definition) is 5. The molecule has 0 saturated carbocycles. The summed E-state index contributed by atoms with van der Waals surface area (Å²) in [6.45, 7) is -0.169. The molecule has 0 aliphatic carbocycles. The molecule has 2 atom stereocenters. The first-order chi connectivity index (χ1) is 6.52. The van der Waals surface area contributed by atoms with Crippen LogP contribution in [0.25, 0.3) is 0 Å². The van der Waals surface area contributed by atoms with Crippen LogP contribution in [-0.2, 0) is 13.6 Å². The number of phosphoric acid groups is 1. The van der Waals surface area contributed by atoms with Crippen molar-refractivity contribution < 1.29 is 28.7 Å². The molecule has 0 bridgehead atoms. The second-order valence-electron chi connectivity index (χ2n) is 2.82. The van der Waals surface area contributed by atoms with E-state index in [0.717, 1.165) is 7.11 Å². The smallest absolute Gasteiger partial charge is 0.394 e. The van der Waals surface area contributed by atoms with Gasteiger partial charge >= 0.3 is 7.82 Å². The lowest BCUT2D eigenvalue weighted by molar-refractivity contribution is 0.0842. The van der Waals surface area contributed by atoms with E-state index in [0.29, 0.717) is 19.3 Å². The summed E-state index contributed by atoms with van der Waals surface area (Å²) in [5.41, 5.74) is 0. The molecule has 0 heterocycles. The van der Waals surface area contributed by atoms with Gasteiger partial charge in [-0.15, -0.1) is 0 Å². The first-order valence-electron chi connectivity index (χ1n) is 4.34. The number of rotatable bonds is 8. The zero-order valence-electron chi connectivity index (χ0n) is 8.13. The van der Waals surface area contributed by atoms with Crippen molar-refractivity contribution in [3.63, 3.8) is 0 Å². The number of aliphatic hydroxyl groups is 2. The van der Waals surface area contributed by atoms with Crippen molar-refractivity contribution in [2.24, 2.45) is 0 Å². The molecule has 0 amide bonds. The predicted molar refractivity (Wildman–Crippen MR) is 49.7 cm³/mol. The molecule has 0 aromatic carbocycles. The maximum absolute atomic E-state index is 10.8. The Labute approximate surface area is 83.1 Å². The van der Waals surface area contributed by atoms with Gasteiger partial charge in [0.2, 0.25) is 0 Å². The van der Waals surface area contributed by atoms with Crippen LogP contribution >= 0.6 is 7.82 Å². The molecule has 0 aliphatic heterocycles. The average molecular weight is 228 g/mol. The summed E-state index contributed by atoms with van der Waals surface area (Å²) in [5.74, 6) is 0. The molecule has 14 heavy (non-hydrogen) atoms. The summed E-state index contributed by atoms with van der Waals surface area (Å²) in [7, 11) is -2.76. The van der Waals surface area contributed by atoms with Crippen molar-refractivity contribution in [1.82, 2.24) is 0 Å². The van der Waals surface area contributed by atoms with E-state index < -0.39 is 13.9 Å². The van der Waals surface area contributed by atoms with E-state index in [9.17, 15) is 4.57 Å². The molecule has 0 aliphatic rings. The normalized spacial score (nSPS) is 17.7. The van der Waals surface area contributed by atoms with E-state index in [4.69, 9.17) is 15.1 Å². The van der Waals surface area contributed by atoms with E-state index in [1.807, 2.05) is 0 Å². The fourth-order valence-corrected chi connectivity index (χ4v) is 1.27. The molecule has 0 rings (SSSR count). The molecule has 0 saturated heterocycles. The quantitative estimate of drug-likeness (QED) is 0.407. The standard InChI is InChI=1S/C7H17O6P/c1-12-14(10,11)13-5-3-2-4-7(9)6-8/h7-9H,2-6H2,1H3,(H,10,11). The van der Waals surface area contributed by atoms with Gasteiger partial charge in [0.25, 0.3) is 0 Å².